The Hall–Kier alpha value is -0.960. The number of hydrogen-bond acceptors (Lipinski definition) is 3. The fourth-order valence-corrected chi connectivity index (χ4v) is 1.66. The van der Waals surface area contributed by atoms with Gasteiger partial charge in [0, 0.05) is 18.3 Å². The molecular formula is C9H13N3. The zero-order valence-corrected chi connectivity index (χ0v) is 7.70. The summed E-state index contributed by atoms with van der Waals surface area (Å²) in [5.41, 5.74) is 2.49. The Morgan fingerprint density at radius 3 is 2.92 bits per heavy atom. The Morgan fingerprint density at radius 1 is 1.50 bits per heavy atom. The van der Waals surface area contributed by atoms with Crippen LogP contribution in [0.4, 0.5) is 0 Å². The molecule has 2 heterocycles. The van der Waals surface area contributed by atoms with Crippen LogP contribution in [0.1, 0.15) is 25.1 Å². The van der Waals surface area contributed by atoms with E-state index in [1.165, 1.54) is 11.3 Å². The van der Waals surface area contributed by atoms with E-state index in [0.29, 0.717) is 0 Å². The third-order valence-corrected chi connectivity index (χ3v) is 2.73. The molecule has 0 radical (unpaired) electrons. The maximum atomic E-state index is 4.31. The Balaban J connectivity index is 2.55. The first-order valence-corrected chi connectivity index (χ1v) is 4.13. The van der Waals surface area contributed by atoms with Crippen LogP contribution in [0.25, 0.3) is 0 Å². The van der Waals surface area contributed by atoms with Gasteiger partial charge in [-0.15, -0.1) is 0 Å². The Kier molecular flexibility index (Phi) is 1.45. The molecule has 0 fully saturated rings. The van der Waals surface area contributed by atoms with E-state index in [4.69, 9.17) is 0 Å². The molecule has 3 heteroatoms. The maximum Gasteiger partial charge on any atom is 0.115 e. The molecular weight excluding hydrogens is 150 g/mol. The van der Waals surface area contributed by atoms with Crippen LogP contribution in [0.2, 0.25) is 0 Å². The van der Waals surface area contributed by atoms with Gasteiger partial charge in [-0.05, 0) is 20.9 Å². The predicted octanol–water partition coefficient (Wildman–Crippen LogP) is 1.16. The van der Waals surface area contributed by atoms with Crippen LogP contribution in [0.15, 0.2) is 12.5 Å². The molecule has 0 spiro atoms. The minimum Gasteiger partial charge on any atom is -0.291 e. The molecule has 0 atom stereocenters. The Labute approximate surface area is 72.4 Å². The highest BCUT2D eigenvalue weighted by molar-refractivity contribution is 5.28. The molecule has 1 aliphatic heterocycles. The van der Waals surface area contributed by atoms with E-state index < -0.39 is 0 Å². The smallest absolute Gasteiger partial charge is 0.115 e. The summed E-state index contributed by atoms with van der Waals surface area (Å²) < 4.78 is 0. The summed E-state index contributed by atoms with van der Waals surface area (Å²) in [4.78, 5) is 10.6. The number of fused-ring (bicyclic) bond motifs is 1. The lowest BCUT2D eigenvalue weighted by atomic mass is 10.0. The normalized spacial score (nSPS) is 20.9. The summed E-state index contributed by atoms with van der Waals surface area (Å²) in [6, 6.07) is 0. The first-order chi connectivity index (χ1) is 5.62. The zero-order valence-electron chi connectivity index (χ0n) is 7.70. The van der Waals surface area contributed by atoms with Crippen molar-refractivity contribution in [2.24, 2.45) is 0 Å². The molecule has 1 aromatic heterocycles. The second-order valence-electron chi connectivity index (χ2n) is 3.81. The van der Waals surface area contributed by atoms with E-state index >= 15 is 0 Å². The standard InChI is InChI=1S/C9H13N3/c1-9(2)8-7(5-12(9)3)4-10-6-11-8/h4,6H,5H2,1-3H3. The van der Waals surface area contributed by atoms with Crippen molar-refractivity contribution in [1.82, 2.24) is 14.9 Å². The van der Waals surface area contributed by atoms with Gasteiger partial charge in [-0.25, -0.2) is 9.97 Å². The van der Waals surface area contributed by atoms with Crippen LogP contribution in [-0.2, 0) is 12.1 Å². The van der Waals surface area contributed by atoms with Crippen LogP contribution in [-0.4, -0.2) is 21.9 Å². The largest absolute Gasteiger partial charge is 0.291 e. The monoisotopic (exact) mass is 163 g/mol. The quantitative estimate of drug-likeness (QED) is 0.574. The fraction of sp³-hybridized carbons (Fsp3) is 0.556. The number of hydrogen-bond donors (Lipinski definition) is 0. The van der Waals surface area contributed by atoms with E-state index in [9.17, 15) is 0 Å². The van der Waals surface area contributed by atoms with E-state index in [1.807, 2.05) is 6.20 Å². The summed E-state index contributed by atoms with van der Waals surface area (Å²) in [6.45, 7) is 5.33. The van der Waals surface area contributed by atoms with Gasteiger partial charge in [0.2, 0.25) is 0 Å². The van der Waals surface area contributed by atoms with Gasteiger partial charge < -0.3 is 0 Å². The van der Waals surface area contributed by atoms with Crippen molar-refractivity contribution in [1.29, 1.82) is 0 Å². The van der Waals surface area contributed by atoms with Crippen LogP contribution < -0.4 is 0 Å². The third kappa shape index (κ3) is 0.862. The third-order valence-electron chi connectivity index (χ3n) is 2.73. The highest BCUT2D eigenvalue weighted by atomic mass is 15.2. The molecule has 0 bridgehead atoms. The van der Waals surface area contributed by atoms with Gasteiger partial charge in [0.15, 0.2) is 0 Å². The van der Waals surface area contributed by atoms with Crippen molar-refractivity contribution in [3.63, 3.8) is 0 Å². The van der Waals surface area contributed by atoms with Crippen molar-refractivity contribution < 1.29 is 0 Å². The molecule has 0 aliphatic carbocycles. The molecule has 0 saturated carbocycles. The molecule has 0 N–H and O–H groups in total. The van der Waals surface area contributed by atoms with E-state index in [1.54, 1.807) is 6.33 Å². The second kappa shape index (κ2) is 2.26. The van der Waals surface area contributed by atoms with E-state index in [2.05, 4.69) is 35.8 Å². The van der Waals surface area contributed by atoms with Gasteiger partial charge in [-0.3, -0.25) is 4.90 Å². The Bertz CT molecular complexity index is 306. The number of aromatic nitrogens is 2. The molecule has 64 valence electrons. The highest BCUT2D eigenvalue weighted by Gasteiger charge is 2.35. The van der Waals surface area contributed by atoms with Crippen molar-refractivity contribution in [2.45, 2.75) is 25.9 Å². The van der Waals surface area contributed by atoms with Gasteiger partial charge in [0.05, 0.1) is 11.2 Å². The summed E-state index contributed by atoms with van der Waals surface area (Å²) in [6.07, 6.45) is 3.54. The molecule has 2 rings (SSSR count). The van der Waals surface area contributed by atoms with Crippen LogP contribution in [0.5, 0.6) is 0 Å². The van der Waals surface area contributed by atoms with Gasteiger partial charge in [-0.1, -0.05) is 0 Å². The van der Waals surface area contributed by atoms with E-state index in [-0.39, 0.29) is 5.54 Å². The summed E-state index contributed by atoms with van der Waals surface area (Å²) >= 11 is 0. The lowest BCUT2D eigenvalue weighted by molar-refractivity contribution is 0.175. The molecule has 0 aromatic carbocycles. The SMILES string of the molecule is CN1Cc2cncnc2C1(C)C. The van der Waals surface area contributed by atoms with E-state index in [0.717, 1.165) is 6.54 Å². The van der Waals surface area contributed by atoms with Crippen LogP contribution >= 0.6 is 0 Å². The molecule has 1 aromatic rings. The van der Waals surface area contributed by atoms with Crippen molar-refractivity contribution >= 4 is 0 Å². The minimum absolute atomic E-state index is 0.0677. The average Bonchev–Trinajstić information content (AvgIpc) is 2.25. The topological polar surface area (TPSA) is 29.0 Å². The van der Waals surface area contributed by atoms with Gasteiger partial charge in [0.1, 0.15) is 6.33 Å². The van der Waals surface area contributed by atoms with Crippen molar-refractivity contribution in [3.8, 4) is 0 Å². The summed E-state index contributed by atoms with van der Waals surface area (Å²) in [5.74, 6) is 0. The molecule has 0 amide bonds. The summed E-state index contributed by atoms with van der Waals surface area (Å²) in [5, 5.41) is 0. The lowest BCUT2D eigenvalue weighted by Crippen LogP contribution is -2.32. The molecule has 1 aliphatic rings. The van der Waals surface area contributed by atoms with Crippen LogP contribution in [0.3, 0.4) is 0 Å². The highest BCUT2D eigenvalue weighted by Crippen LogP contribution is 2.34. The van der Waals surface area contributed by atoms with Crippen molar-refractivity contribution in [3.05, 3.63) is 23.8 Å². The van der Waals surface area contributed by atoms with Gasteiger partial charge in [-0.2, -0.15) is 0 Å². The molecule has 0 unspecified atom stereocenters. The molecule has 0 saturated heterocycles. The number of nitrogens with zero attached hydrogens (tertiary/aromatic N) is 3. The minimum atomic E-state index is 0.0677. The average molecular weight is 163 g/mol. The lowest BCUT2D eigenvalue weighted by Gasteiger charge is -2.27. The zero-order chi connectivity index (χ0) is 8.77. The number of rotatable bonds is 0. The second-order valence-corrected chi connectivity index (χ2v) is 3.81. The first kappa shape index (κ1) is 7.68. The molecule has 12 heavy (non-hydrogen) atoms. The first-order valence-electron chi connectivity index (χ1n) is 4.13. The maximum absolute atomic E-state index is 4.31. The predicted molar refractivity (Wildman–Crippen MR) is 46.5 cm³/mol. The Morgan fingerprint density at radius 2 is 2.25 bits per heavy atom. The van der Waals surface area contributed by atoms with Crippen molar-refractivity contribution in [2.75, 3.05) is 7.05 Å². The van der Waals surface area contributed by atoms with Gasteiger partial charge >= 0.3 is 0 Å². The van der Waals surface area contributed by atoms with Crippen LogP contribution in [0, 0.1) is 0 Å². The summed E-state index contributed by atoms with van der Waals surface area (Å²) in [7, 11) is 2.11. The molecule has 3 nitrogen and oxygen atoms in total. The fourth-order valence-electron chi connectivity index (χ4n) is 1.66. The van der Waals surface area contributed by atoms with Gasteiger partial charge in [0.25, 0.3) is 0 Å².